The molecule has 0 amide bonds. The summed E-state index contributed by atoms with van der Waals surface area (Å²) in [6, 6.07) is 30.3. The Morgan fingerprint density at radius 1 is 0.759 bits per heavy atom. The van der Waals surface area contributed by atoms with Gasteiger partial charge in [0.1, 0.15) is 17.2 Å². The molecule has 0 fully saturated rings. The van der Waals surface area contributed by atoms with Gasteiger partial charge in [-0.05, 0) is 46.7 Å². The van der Waals surface area contributed by atoms with Crippen LogP contribution in [0.15, 0.2) is 97.1 Å². The standard InChI is InChI=1S/C25H20O4/c26-25(27)24(29-22-15-14-18-8-4-5-9-19(18)16-22)17-20-10-6-7-13-23(20)28-21-11-2-1-3-12-21/h1-16,24H,17H2,(H,26,27)/t24-/m0/s1. The highest BCUT2D eigenvalue weighted by molar-refractivity contribution is 5.84. The SMILES string of the molecule is O=C(O)[C@H](Cc1ccccc1Oc1ccccc1)Oc1ccc2ccccc2c1. The summed E-state index contributed by atoms with van der Waals surface area (Å²) in [5.74, 6) is 0.819. The first-order chi connectivity index (χ1) is 14.2. The minimum atomic E-state index is -1.03. The molecular weight excluding hydrogens is 364 g/mol. The fourth-order valence-corrected chi connectivity index (χ4v) is 3.17. The average Bonchev–Trinajstić information content (AvgIpc) is 2.75. The Balaban J connectivity index is 1.56. The highest BCUT2D eigenvalue weighted by Gasteiger charge is 2.22. The Morgan fingerprint density at radius 3 is 2.24 bits per heavy atom. The van der Waals surface area contributed by atoms with Gasteiger partial charge in [-0.15, -0.1) is 0 Å². The zero-order valence-electron chi connectivity index (χ0n) is 15.7. The number of hydrogen-bond donors (Lipinski definition) is 1. The van der Waals surface area contributed by atoms with Crippen LogP contribution >= 0.6 is 0 Å². The number of hydrogen-bond acceptors (Lipinski definition) is 3. The fraction of sp³-hybridized carbons (Fsp3) is 0.0800. The second-order valence-electron chi connectivity index (χ2n) is 6.68. The van der Waals surface area contributed by atoms with Gasteiger partial charge in [0.2, 0.25) is 0 Å². The second kappa shape index (κ2) is 8.48. The molecule has 0 aliphatic carbocycles. The summed E-state index contributed by atoms with van der Waals surface area (Å²) in [5.41, 5.74) is 0.768. The Labute approximate surface area is 169 Å². The molecule has 0 saturated heterocycles. The van der Waals surface area contributed by atoms with Crippen LogP contribution in [0.1, 0.15) is 5.56 Å². The molecule has 1 N–H and O–H groups in total. The van der Waals surface area contributed by atoms with Crippen LogP contribution in [0.5, 0.6) is 17.2 Å². The van der Waals surface area contributed by atoms with Crippen molar-refractivity contribution in [2.45, 2.75) is 12.5 Å². The number of benzene rings is 4. The van der Waals surface area contributed by atoms with Crippen molar-refractivity contribution in [3.63, 3.8) is 0 Å². The Kier molecular flexibility index (Phi) is 5.43. The quantitative estimate of drug-likeness (QED) is 0.444. The lowest BCUT2D eigenvalue weighted by Gasteiger charge is -2.18. The monoisotopic (exact) mass is 384 g/mol. The van der Waals surface area contributed by atoms with Gasteiger partial charge in [0.05, 0.1) is 0 Å². The van der Waals surface area contributed by atoms with E-state index in [4.69, 9.17) is 9.47 Å². The van der Waals surface area contributed by atoms with Crippen LogP contribution in [0.2, 0.25) is 0 Å². The molecular formula is C25H20O4. The third kappa shape index (κ3) is 4.55. The molecule has 0 aliphatic heterocycles. The summed E-state index contributed by atoms with van der Waals surface area (Å²) in [7, 11) is 0. The summed E-state index contributed by atoms with van der Waals surface area (Å²) >= 11 is 0. The summed E-state index contributed by atoms with van der Waals surface area (Å²) < 4.78 is 11.8. The van der Waals surface area contributed by atoms with Crippen molar-refractivity contribution in [2.75, 3.05) is 0 Å². The lowest BCUT2D eigenvalue weighted by Crippen LogP contribution is -2.29. The molecule has 0 bridgehead atoms. The molecule has 4 aromatic rings. The zero-order chi connectivity index (χ0) is 20.1. The normalized spacial score (nSPS) is 11.7. The molecule has 1 atom stereocenters. The summed E-state index contributed by atoms with van der Waals surface area (Å²) in [6.07, 6.45) is -0.845. The van der Waals surface area contributed by atoms with Crippen molar-refractivity contribution >= 4 is 16.7 Å². The maximum absolute atomic E-state index is 11.9. The van der Waals surface area contributed by atoms with Gasteiger partial charge in [-0.2, -0.15) is 0 Å². The molecule has 0 saturated carbocycles. The molecule has 0 unspecified atom stereocenters. The molecule has 0 spiro atoms. The van der Waals surface area contributed by atoms with E-state index >= 15 is 0 Å². The molecule has 0 radical (unpaired) electrons. The number of ether oxygens (including phenoxy) is 2. The number of rotatable bonds is 7. The average molecular weight is 384 g/mol. The van der Waals surface area contributed by atoms with Crippen molar-refractivity contribution in [1.29, 1.82) is 0 Å². The molecule has 4 heteroatoms. The van der Waals surface area contributed by atoms with Crippen molar-refractivity contribution < 1.29 is 19.4 Å². The molecule has 0 aromatic heterocycles. The van der Waals surface area contributed by atoms with Gasteiger partial charge in [-0.3, -0.25) is 0 Å². The second-order valence-corrected chi connectivity index (χ2v) is 6.68. The van der Waals surface area contributed by atoms with Gasteiger partial charge in [0, 0.05) is 6.42 Å². The van der Waals surface area contributed by atoms with Crippen LogP contribution in [0.25, 0.3) is 10.8 Å². The molecule has 0 aliphatic rings. The predicted molar refractivity (Wildman–Crippen MR) is 113 cm³/mol. The van der Waals surface area contributed by atoms with Gasteiger partial charge in [0.25, 0.3) is 0 Å². The summed E-state index contributed by atoms with van der Waals surface area (Å²) in [4.78, 5) is 11.9. The third-order valence-corrected chi connectivity index (χ3v) is 4.62. The van der Waals surface area contributed by atoms with Crippen molar-refractivity contribution in [3.8, 4) is 17.2 Å². The Morgan fingerprint density at radius 2 is 1.45 bits per heavy atom. The third-order valence-electron chi connectivity index (χ3n) is 4.62. The maximum atomic E-state index is 11.9. The van der Waals surface area contributed by atoms with E-state index in [1.807, 2.05) is 91.0 Å². The van der Waals surface area contributed by atoms with Crippen molar-refractivity contribution in [1.82, 2.24) is 0 Å². The van der Waals surface area contributed by atoms with Crippen molar-refractivity contribution in [3.05, 3.63) is 103 Å². The van der Waals surface area contributed by atoms with Crippen LogP contribution in [-0.4, -0.2) is 17.2 Å². The van der Waals surface area contributed by atoms with E-state index in [-0.39, 0.29) is 6.42 Å². The lowest BCUT2D eigenvalue weighted by atomic mass is 10.1. The van der Waals surface area contributed by atoms with E-state index in [2.05, 4.69) is 0 Å². The van der Waals surface area contributed by atoms with Crippen LogP contribution in [0.3, 0.4) is 0 Å². The predicted octanol–water partition coefficient (Wildman–Crippen LogP) is 5.71. The van der Waals surface area contributed by atoms with Crippen LogP contribution in [-0.2, 0) is 11.2 Å². The molecule has 4 rings (SSSR count). The maximum Gasteiger partial charge on any atom is 0.345 e. The topological polar surface area (TPSA) is 55.8 Å². The van der Waals surface area contributed by atoms with Gasteiger partial charge in [0.15, 0.2) is 6.10 Å². The van der Waals surface area contributed by atoms with Crippen LogP contribution in [0.4, 0.5) is 0 Å². The molecule has 0 heterocycles. The van der Waals surface area contributed by atoms with E-state index in [9.17, 15) is 9.90 Å². The van der Waals surface area contributed by atoms with E-state index in [1.165, 1.54) is 0 Å². The number of aliphatic carboxylic acids is 1. The molecule has 29 heavy (non-hydrogen) atoms. The smallest absolute Gasteiger partial charge is 0.345 e. The fourth-order valence-electron chi connectivity index (χ4n) is 3.17. The molecule has 144 valence electrons. The minimum Gasteiger partial charge on any atom is -0.478 e. The zero-order valence-corrected chi connectivity index (χ0v) is 15.7. The Hall–Kier alpha value is -3.79. The lowest BCUT2D eigenvalue weighted by molar-refractivity contribution is -0.145. The first-order valence-corrected chi connectivity index (χ1v) is 9.38. The number of carboxylic acids is 1. The largest absolute Gasteiger partial charge is 0.478 e. The van der Waals surface area contributed by atoms with Crippen LogP contribution in [0, 0.1) is 0 Å². The summed E-state index contributed by atoms with van der Waals surface area (Å²) in [6.45, 7) is 0. The Bertz CT molecular complexity index is 1120. The first-order valence-electron chi connectivity index (χ1n) is 9.38. The van der Waals surface area contributed by atoms with E-state index in [1.54, 1.807) is 6.07 Å². The number of fused-ring (bicyclic) bond motifs is 1. The van der Waals surface area contributed by atoms with Gasteiger partial charge in [-0.25, -0.2) is 4.79 Å². The molecule has 4 aromatic carbocycles. The van der Waals surface area contributed by atoms with Crippen LogP contribution < -0.4 is 9.47 Å². The van der Waals surface area contributed by atoms with Crippen molar-refractivity contribution in [2.24, 2.45) is 0 Å². The van der Waals surface area contributed by atoms with Gasteiger partial charge in [-0.1, -0.05) is 66.7 Å². The number of para-hydroxylation sites is 2. The van der Waals surface area contributed by atoms with E-state index in [0.29, 0.717) is 17.2 Å². The van der Waals surface area contributed by atoms with E-state index < -0.39 is 12.1 Å². The highest BCUT2D eigenvalue weighted by Crippen LogP contribution is 2.28. The molecule has 4 nitrogen and oxygen atoms in total. The van der Waals surface area contributed by atoms with E-state index in [0.717, 1.165) is 16.3 Å². The highest BCUT2D eigenvalue weighted by atomic mass is 16.5. The minimum absolute atomic E-state index is 0.186. The number of carbonyl (C=O) groups is 1. The summed E-state index contributed by atoms with van der Waals surface area (Å²) in [5, 5.41) is 11.8. The van der Waals surface area contributed by atoms with Gasteiger partial charge >= 0.3 is 5.97 Å². The first kappa shape index (κ1) is 18.6. The number of carboxylic acid groups (broad SMARTS) is 1. The van der Waals surface area contributed by atoms with Gasteiger partial charge < -0.3 is 14.6 Å².